The Morgan fingerprint density at radius 1 is 1.62 bits per heavy atom. The molecule has 0 radical (unpaired) electrons. The van der Waals surface area contributed by atoms with Gasteiger partial charge >= 0.3 is 5.97 Å². The second kappa shape index (κ2) is 4.58. The van der Waals surface area contributed by atoms with Gasteiger partial charge in [0, 0.05) is 19.9 Å². The second-order valence-corrected chi connectivity index (χ2v) is 3.30. The summed E-state index contributed by atoms with van der Waals surface area (Å²) in [4.78, 5) is 21.7. The molecule has 5 heteroatoms. The number of Topliss-reactive ketones (excluding diaryl/α,β-unsaturated/α-hetero) is 1. The molecule has 13 heavy (non-hydrogen) atoms. The molecule has 1 N–H and O–H groups in total. The predicted molar refractivity (Wildman–Crippen MR) is 47.7 cm³/mol. The van der Waals surface area contributed by atoms with E-state index >= 15 is 0 Å². The molecule has 1 fully saturated rings. The van der Waals surface area contributed by atoms with Gasteiger partial charge in [-0.25, -0.2) is 0 Å². The number of alkyl halides is 1. The molecule has 74 valence electrons. The Morgan fingerprint density at radius 3 is 2.85 bits per heavy atom. The van der Waals surface area contributed by atoms with Crippen molar-refractivity contribution in [3.05, 3.63) is 0 Å². The average Bonchev–Trinajstić information content (AvgIpc) is 2.50. The molecule has 2 unspecified atom stereocenters. The molecule has 0 spiro atoms. The van der Waals surface area contributed by atoms with Crippen molar-refractivity contribution >= 4 is 23.4 Å². The van der Waals surface area contributed by atoms with Gasteiger partial charge in [0.25, 0.3) is 0 Å². The van der Waals surface area contributed by atoms with Gasteiger partial charge in [-0.1, -0.05) is 0 Å². The molecule has 0 bridgehead atoms. The summed E-state index contributed by atoms with van der Waals surface area (Å²) in [5.41, 5.74) is 0. The van der Waals surface area contributed by atoms with E-state index in [1.165, 1.54) is 6.92 Å². The zero-order valence-corrected chi connectivity index (χ0v) is 8.13. The first kappa shape index (κ1) is 10.5. The molecule has 0 aromatic rings. The summed E-state index contributed by atoms with van der Waals surface area (Å²) in [6, 6.07) is -0.248. The molecule has 0 aliphatic carbocycles. The van der Waals surface area contributed by atoms with E-state index in [4.69, 9.17) is 16.3 Å². The third-order valence-electron chi connectivity index (χ3n) is 1.94. The van der Waals surface area contributed by atoms with Crippen LogP contribution < -0.4 is 5.32 Å². The minimum atomic E-state index is -0.314. The quantitative estimate of drug-likeness (QED) is 0.524. The lowest BCUT2D eigenvalue weighted by Gasteiger charge is -2.08. The van der Waals surface area contributed by atoms with E-state index in [-0.39, 0.29) is 29.8 Å². The maximum atomic E-state index is 11.1. The maximum Gasteiger partial charge on any atom is 0.302 e. The van der Waals surface area contributed by atoms with Crippen LogP contribution in [0, 0.1) is 0 Å². The molecule has 0 aromatic carbocycles. The van der Waals surface area contributed by atoms with Crippen LogP contribution in [0.3, 0.4) is 0 Å². The number of esters is 1. The van der Waals surface area contributed by atoms with Crippen LogP contribution in [0.15, 0.2) is 0 Å². The molecule has 1 rings (SSSR count). The van der Waals surface area contributed by atoms with Gasteiger partial charge in [-0.15, -0.1) is 11.6 Å². The van der Waals surface area contributed by atoms with E-state index in [2.05, 4.69) is 5.32 Å². The molecule has 0 amide bonds. The van der Waals surface area contributed by atoms with Crippen molar-refractivity contribution in [2.24, 2.45) is 0 Å². The van der Waals surface area contributed by atoms with Crippen molar-refractivity contribution < 1.29 is 14.3 Å². The van der Waals surface area contributed by atoms with Crippen LogP contribution in [-0.2, 0) is 14.3 Å². The van der Waals surface area contributed by atoms with Crippen molar-refractivity contribution in [1.29, 1.82) is 0 Å². The molecule has 1 aliphatic heterocycles. The summed E-state index contributed by atoms with van der Waals surface area (Å²) in [7, 11) is 0. The van der Waals surface area contributed by atoms with E-state index in [1.807, 2.05) is 0 Å². The molecule has 1 heterocycles. The van der Waals surface area contributed by atoms with E-state index in [0.29, 0.717) is 13.0 Å². The molecule has 4 nitrogen and oxygen atoms in total. The fourth-order valence-corrected chi connectivity index (χ4v) is 1.55. The summed E-state index contributed by atoms with van der Waals surface area (Å²) in [6.45, 7) is 1.89. The Morgan fingerprint density at radius 2 is 2.31 bits per heavy atom. The fraction of sp³-hybridized carbons (Fsp3) is 0.750. The normalized spacial score (nSPS) is 27.2. The first-order valence-electron chi connectivity index (χ1n) is 4.12. The van der Waals surface area contributed by atoms with Gasteiger partial charge in [-0.05, 0) is 0 Å². The monoisotopic (exact) mass is 205 g/mol. The van der Waals surface area contributed by atoms with Gasteiger partial charge in [-0.3, -0.25) is 9.59 Å². The van der Waals surface area contributed by atoms with Crippen molar-refractivity contribution in [1.82, 2.24) is 5.32 Å². The van der Waals surface area contributed by atoms with Crippen LogP contribution >= 0.6 is 11.6 Å². The van der Waals surface area contributed by atoms with Crippen LogP contribution in [-0.4, -0.2) is 36.3 Å². The lowest BCUT2D eigenvalue weighted by molar-refractivity contribution is -0.145. The zero-order valence-electron chi connectivity index (χ0n) is 7.38. The first-order chi connectivity index (χ1) is 6.13. The van der Waals surface area contributed by atoms with E-state index in [0.717, 1.165) is 0 Å². The third-order valence-corrected chi connectivity index (χ3v) is 2.21. The summed E-state index contributed by atoms with van der Waals surface area (Å²) in [5.74, 6) is -0.355. The molecular formula is C8H12ClNO3. The van der Waals surface area contributed by atoms with Gasteiger partial charge in [0.05, 0.1) is 11.9 Å². The Labute approximate surface area is 81.6 Å². The highest BCUT2D eigenvalue weighted by Crippen LogP contribution is 2.11. The largest absolute Gasteiger partial charge is 0.461 e. The topological polar surface area (TPSA) is 55.4 Å². The highest BCUT2D eigenvalue weighted by atomic mass is 35.5. The number of halogens is 1. The Kier molecular flexibility index (Phi) is 3.69. The summed E-state index contributed by atoms with van der Waals surface area (Å²) in [6.07, 6.45) is 0.347. The minimum absolute atomic E-state index is 0.00442. The van der Waals surface area contributed by atoms with Gasteiger partial charge in [0.1, 0.15) is 6.10 Å². The highest BCUT2D eigenvalue weighted by molar-refractivity contribution is 6.28. The van der Waals surface area contributed by atoms with Crippen molar-refractivity contribution in [2.75, 3.05) is 12.4 Å². The number of carbonyl (C=O) groups excluding carboxylic acids is 2. The number of hydrogen-bond acceptors (Lipinski definition) is 4. The van der Waals surface area contributed by atoms with Crippen molar-refractivity contribution in [3.63, 3.8) is 0 Å². The molecular weight excluding hydrogens is 194 g/mol. The van der Waals surface area contributed by atoms with Gasteiger partial charge in [0.15, 0.2) is 5.78 Å². The Bertz CT molecular complexity index is 219. The summed E-state index contributed by atoms with van der Waals surface area (Å²) >= 11 is 5.39. The first-order valence-corrected chi connectivity index (χ1v) is 4.66. The SMILES string of the molecule is CC(=O)OC1CNC(C(=O)CCl)C1. The third kappa shape index (κ3) is 2.97. The lowest BCUT2D eigenvalue weighted by atomic mass is 10.1. The highest BCUT2D eigenvalue weighted by Gasteiger charge is 2.30. The fourth-order valence-electron chi connectivity index (χ4n) is 1.37. The van der Waals surface area contributed by atoms with Crippen LogP contribution in [0.4, 0.5) is 0 Å². The Balaban J connectivity index is 2.36. The van der Waals surface area contributed by atoms with Gasteiger partial charge in [0.2, 0.25) is 0 Å². The van der Waals surface area contributed by atoms with Gasteiger partial charge < -0.3 is 10.1 Å². The number of nitrogens with one attached hydrogen (secondary N) is 1. The van der Waals surface area contributed by atoms with Crippen LogP contribution in [0.25, 0.3) is 0 Å². The summed E-state index contributed by atoms with van der Waals surface area (Å²) < 4.78 is 4.94. The van der Waals surface area contributed by atoms with Crippen LogP contribution in [0.1, 0.15) is 13.3 Å². The number of hydrogen-bond donors (Lipinski definition) is 1. The number of carbonyl (C=O) groups is 2. The van der Waals surface area contributed by atoms with E-state index < -0.39 is 0 Å². The van der Waals surface area contributed by atoms with E-state index in [1.54, 1.807) is 0 Å². The second-order valence-electron chi connectivity index (χ2n) is 3.03. The molecule has 1 aliphatic rings. The van der Waals surface area contributed by atoms with Crippen molar-refractivity contribution in [2.45, 2.75) is 25.5 Å². The van der Waals surface area contributed by atoms with Crippen molar-refractivity contribution in [3.8, 4) is 0 Å². The maximum absolute atomic E-state index is 11.1. The predicted octanol–water partition coefficient (Wildman–Crippen LogP) is 0.0879. The number of ketones is 1. The molecule has 0 aromatic heterocycles. The van der Waals surface area contributed by atoms with E-state index in [9.17, 15) is 9.59 Å². The number of ether oxygens (including phenoxy) is 1. The lowest BCUT2D eigenvalue weighted by Crippen LogP contribution is -2.31. The molecule has 2 atom stereocenters. The standard InChI is InChI=1S/C8H12ClNO3/c1-5(11)13-6-2-7(10-4-6)8(12)3-9/h6-7,10H,2-4H2,1H3. The molecule has 0 saturated carbocycles. The van der Waals surface area contributed by atoms with Gasteiger partial charge in [-0.2, -0.15) is 0 Å². The smallest absolute Gasteiger partial charge is 0.302 e. The molecule has 1 saturated heterocycles. The number of rotatable bonds is 3. The van der Waals surface area contributed by atoms with Crippen LogP contribution in [0.5, 0.6) is 0 Å². The van der Waals surface area contributed by atoms with Crippen LogP contribution in [0.2, 0.25) is 0 Å². The minimum Gasteiger partial charge on any atom is -0.461 e. The average molecular weight is 206 g/mol. The summed E-state index contributed by atoms with van der Waals surface area (Å²) in [5, 5.41) is 2.95. The zero-order chi connectivity index (χ0) is 9.84. The Hall–Kier alpha value is -0.610.